The summed E-state index contributed by atoms with van der Waals surface area (Å²) in [7, 11) is 0. The van der Waals surface area contributed by atoms with Crippen molar-refractivity contribution < 1.29 is 19.4 Å². The summed E-state index contributed by atoms with van der Waals surface area (Å²) in [6.07, 6.45) is 2.19. The molecule has 0 spiro atoms. The summed E-state index contributed by atoms with van der Waals surface area (Å²) >= 11 is 0. The summed E-state index contributed by atoms with van der Waals surface area (Å²) in [5.41, 5.74) is -1.36. The van der Waals surface area contributed by atoms with Gasteiger partial charge in [-0.1, -0.05) is 20.3 Å². The van der Waals surface area contributed by atoms with Crippen molar-refractivity contribution in [2.24, 2.45) is 0 Å². The van der Waals surface area contributed by atoms with Crippen LogP contribution in [-0.2, 0) is 14.3 Å². The molecule has 0 amide bonds. The van der Waals surface area contributed by atoms with Gasteiger partial charge < -0.3 is 9.84 Å². The molecule has 0 saturated heterocycles. The Hall–Kier alpha value is -1.06. The highest BCUT2D eigenvalue weighted by Crippen LogP contribution is 2.19. The summed E-state index contributed by atoms with van der Waals surface area (Å²) < 4.78 is 4.91. The Morgan fingerprint density at radius 1 is 1.36 bits per heavy atom. The smallest absolute Gasteiger partial charge is 0.347 e. The van der Waals surface area contributed by atoms with E-state index in [9.17, 15) is 9.59 Å². The predicted molar refractivity (Wildman–Crippen MR) is 51.9 cm³/mol. The van der Waals surface area contributed by atoms with Gasteiger partial charge in [-0.25, -0.2) is 4.79 Å². The van der Waals surface area contributed by atoms with E-state index < -0.39 is 17.5 Å². The van der Waals surface area contributed by atoms with E-state index in [-0.39, 0.29) is 6.42 Å². The quantitative estimate of drug-likeness (QED) is 0.669. The normalized spacial score (nSPS) is 14.5. The van der Waals surface area contributed by atoms with Crippen molar-refractivity contribution in [3.05, 3.63) is 0 Å². The summed E-state index contributed by atoms with van der Waals surface area (Å²) in [5, 5.41) is 8.93. The van der Waals surface area contributed by atoms with Gasteiger partial charge in [-0.15, -0.1) is 0 Å². The van der Waals surface area contributed by atoms with Crippen LogP contribution in [0.25, 0.3) is 0 Å². The van der Waals surface area contributed by atoms with Crippen LogP contribution in [-0.4, -0.2) is 22.6 Å². The number of carbonyl (C=O) groups is 2. The first-order valence-corrected chi connectivity index (χ1v) is 4.91. The van der Waals surface area contributed by atoms with Gasteiger partial charge in [0.2, 0.25) is 5.60 Å². The molecule has 0 heterocycles. The van der Waals surface area contributed by atoms with Crippen molar-refractivity contribution in [1.82, 2.24) is 0 Å². The van der Waals surface area contributed by atoms with Crippen molar-refractivity contribution in [3.63, 3.8) is 0 Å². The van der Waals surface area contributed by atoms with Crippen LogP contribution in [0.5, 0.6) is 0 Å². The number of ether oxygens (including phenoxy) is 1. The molecule has 0 radical (unpaired) electrons. The van der Waals surface area contributed by atoms with Crippen LogP contribution in [0.4, 0.5) is 0 Å². The zero-order valence-corrected chi connectivity index (χ0v) is 9.00. The Kier molecular flexibility index (Phi) is 5.20. The first kappa shape index (κ1) is 12.9. The fraction of sp³-hybridized carbons (Fsp3) is 0.800. The molecule has 0 saturated carbocycles. The molecule has 4 heteroatoms. The maximum absolute atomic E-state index is 11.0. The largest absolute Gasteiger partial charge is 0.478 e. The lowest BCUT2D eigenvalue weighted by atomic mass is 9.99. The second-order valence-corrected chi connectivity index (χ2v) is 3.47. The van der Waals surface area contributed by atoms with E-state index in [1.807, 2.05) is 6.92 Å². The number of hydrogen-bond donors (Lipinski definition) is 1. The van der Waals surface area contributed by atoms with Crippen LogP contribution in [0.1, 0.15) is 46.5 Å². The SMILES string of the molecule is CCCC[C@@](C)(OC(=O)CC)C(=O)O. The zero-order valence-electron chi connectivity index (χ0n) is 9.00. The molecular formula is C10H18O4. The third-order valence-electron chi connectivity index (χ3n) is 2.09. The van der Waals surface area contributed by atoms with Crippen molar-refractivity contribution in [3.8, 4) is 0 Å². The lowest BCUT2D eigenvalue weighted by Gasteiger charge is -2.24. The van der Waals surface area contributed by atoms with Gasteiger partial charge in [0, 0.05) is 6.42 Å². The van der Waals surface area contributed by atoms with Gasteiger partial charge in [0.25, 0.3) is 0 Å². The summed E-state index contributed by atoms with van der Waals surface area (Å²) in [6.45, 7) is 5.05. The van der Waals surface area contributed by atoms with E-state index in [1.165, 1.54) is 6.92 Å². The number of carboxylic acids is 1. The molecule has 14 heavy (non-hydrogen) atoms. The maximum atomic E-state index is 11.0. The van der Waals surface area contributed by atoms with Gasteiger partial charge in [0.15, 0.2) is 0 Å². The molecule has 0 aromatic carbocycles. The second kappa shape index (κ2) is 5.62. The molecule has 0 aliphatic rings. The van der Waals surface area contributed by atoms with Crippen molar-refractivity contribution >= 4 is 11.9 Å². The molecule has 82 valence electrons. The Balaban J connectivity index is 4.39. The molecule has 0 aromatic heterocycles. The highest BCUT2D eigenvalue weighted by atomic mass is 16.6. The molecule has 1 atom stereocenters. The van der Waals surface area contributed by atoms with Crippen LogP contribution >= 0.6 is 0 Å². The number of carbonyl (C=O) groups excluding carboxylic acids is 1. The van der Waals surface area contributed by atoms with Crippen molar-refractivity contribution in [2.45, 2.75) is 52.1 Å². The third kappa shape index (κ3) is 3.77. The second-order valence-electron chi connectivity index (χ2n) is 3.47. The molecule has 0 rings (SSSR count). The van der Waals surface area contributed by atoms with Gasteiger partial charge >= 0.3 is 11.9 Å². The lowest BCUT2D eigenvalue weighted by Crippen LogP contribution is -2.40. The Bertz CT molecular complexity index is 212. The van der Waals surface area contributed by atoms with E-state index in [0.717, 1.165) is 12.8 Å². The minimum atomic E-state index is -1.36. The zero-order chi connectivity index (χ0) is 11.2. The fourth-order valence-electron chi connectivity index (χ4n) is 1.04. The van der Waals surface area contributed by atoms with Crippen LogP contribution < -0.4 is 0 Å². The number of aliphatic carboxylic acids is 1. The van der Waals surface area contributed by atoms with Crippen LogP contribution in [0.3, 0.4) is 0 Å². The van der Waals surface area contributed by atoms with E-state index in [0.29, 0.717) is 6.42 Å². The van der Waals surface area contributed by atoms with Gasteiger partial charge in [-0.2, -0.15) is 0 Å². The minimum Gasteiger partial charge on any atom is -0.478 e. The maximum Gasteiger partial charge on any atom is 0.347 e. The third-order valence-corrected chi connectivity index (χ3v) is 2.09. The van der Waals surface area contributed by atoms with E-state index in [1.54, 1.807) is 6.92 Å². The van der Waals surface area contributed by atoms with Gasteiger partial charge in [0.05, 0.1) is 0 Å². The van der Waals surface area contributed by atoms with Crippen LogP contribution in [0, 0.1) is 0 Å². The van der Waals surface area contributed by atoms with Crippen molar-refractivity contribution in [2.75, 3.05) is 0 Å². The molecule has 0 fully saturated rings. The lowest BCUT2D eigenvalue weighted by molar-refractivity contribution is -0.177. The summed E-state index contributed by atoms with van der Waals surface area (Å²) in [4.78, 5) is 21.9. The topological polar surface area (TPSA) is 63.6 Å². The standard InChI is InChI=1S/C10H18O4/c1-4-6-7-10(3,9(12)13)14-8(11)5-2/h4-7H2,1-3H3,(H,12,13)/t10-/m1/s1. The fourth-order valence-corrected chi connectivity index (χ4v) is 1.04. The average molecular weight is 202 g/mol. The van der Waals surface area contributed by atoms with E-state index in [2.05, 4.69) is 0 Å². The molecule has 0 aliphatic carbocycles. The Morgan fingerprint density at radius 2 is 1.93 bits per heavy atom. The summed E-state index contributed by atoms with van der Waals surface area (Å²) in [6, 6.07) is 0. The Morgan fingerprint density at radius 3 is 2.29 bits per heavy atom. The van der Waals surface area contributed by atoms with Gasteiger partial charge in [-0.3, -0.25) is 4.79 Å². The van der Waals surface area contributed by atoms with Crippen LogP contribution in [0.2, 0.25) is 0 Å². The molecular weight excluding hydrogens is 184 g/mol. The molecule has 0 aromatic rings. The van der Waals surface area contributed by atoms with Gasteiger partial charge in [0.1, 0.15) is 0 Å². The average Bonchev–Trinajstić information content (AvgIpc) is 2.14. The molecule has 4 nitrogen and oxygen atoms in total. The first-order valence-electron chi connectivity index (χ1n) is 4.91. The van der Waals surface area contributed by atoms with Crippen LogP contribution in [0.15, 0.2) is 0 Å². The number of carboxylic acid groups (broad SMARTS) is 1. The molecule has 0 unspecified atom stereocenters. The Labute approximate surface area is 84.3 Å². The predicted octanol–water partition coefficient (Wildman–Crippen LogP) is 1.97. The van der Waals surface area contributed by atoms with E-state index in [4.69, 9.17) is 9.84 Å². The molecule has 1 N–H and O–H groups in total. The van der Waals surface area contributed by atoms with Gasteiger partial charge in [-0.05, 0) is 19.8 Å². The minimum absolute atomic E-state index is 0.203. The highest BCUT2D eigenvalue weighted by molar-refractivity contribution is 5.81. The molecule has 0 aliphatic heterocycles. The molecule has 0 bridgehead atoms. The van der Waals surface area contributed by atoms with E-state index >= 15 is 0 Å². The van der Waals surface area contributed by atoms with Crippen molar-refractivity contribution in [1.29, 1.82) is 0 Å². The summed E-state index contributed by atoms with van der Waals surface area (Å²) in [5.74, 6) is -1.54. The number of hydrogen-bond acceptors (Lipinski definition) is 3. The number of rotatable bonds is 6. The monoisotopic (exact) mass is 202 g/mol. The highest BCUT2D eigenvalue weighted by Gasteiger charge is 2.36. The number of unbranched alkanes of at least 4 members (excludes halogenated alkanes) is 1. The number of esters is 1. The first-order chi connectivity index (χ1) is 6.46.